The van der Waals surface area contributed by atoms with E-state index in [1.54, 1.807) is 25.3 Å². The van der Waals surface area contributed by atoms with E-state index < -0.39 is 5.91 Å². The topological polar surface area (TPSA) is 78.9 Å². The van der Waals surface area contributed by atoms with E-state index in [1.165, 1.54) is 17.4 Å². The first kappa shape index (κ1) is 17.9. The van der Waals surface area contributed by atoms with Gasteiger partial charge in [-0.1, -0.05) is 23.7 Å². The number of hydrogen-bond acceptors (Lipinski definition) is 5. The van der Waals surface area contributed by atoms with Crippen LogP contribution in [0.4, 0.5) is 5.13 Å². The first-order chi connectivity index (χ1) is 12.5. The summed E-state index contributed by atoms with van der Waals surface area (Å²) in [7, 11) is 0. The molecule has 0 saturated heterocycles. The van der Waals surface area contributed by atoms with Crippen molar-refractivity contribution in [2.75, 3.05) is 5.32 Å². The lowest BCUT2D eigenvalue weighted by Crippen LogP contribution is -2.13. The Morgan fingerprint density at radius 1 is 1.42 bits per heavy atom. The summed E-state index contributed by atoms with van der Waals surface area (Å²) in [5.41, 5.74) is 1.01. The number of nitrogens with zero attached hydrogens (tertiary/aromatic N) is 2. The molecule has 130 valence electrons. The highest BCUT2D eigenvalue weighted by atomic mass is 35.5. The average Bonchev–Trinajstić information content (AvgIpc) is 3.21. The summed E-state index contributed by atoms with van der Waals surface area (Å²) < 4.78 is 5.37. The smallest absolute Gasteiger partial charge is 0.268 e. The molecule has 7 heteroatoms. The summed E-state index contributed by atoms with van der Waals surface area (Å²) >= 11 is 7.34. The molecule has 26 heavy (non-hydrogen) atoms. The third kappa shape index (κ3) is 4.60. The monoisotopic (exact) mass is 383 g/mol. The highest BCUT2D eigenvalue weighted by Crippen LogP contribution is 2.23. The molecule has 0 atom stereocenters. The van der Waals surface area contributed by atoms with Crippen molar-refractivity contribution in [1.82, 2.24) is 4.98 Å². The lowest BCUT2D eigenvalue weighted by molar-refractivity contribution is -0.112. The van der Waals surface area contributed by atoms with E-state index >= 15 is 0 Å². The largest absolute Gasteiger partial charge is 0.462 e. The van der Waals surface area contributed by atoms with E-state index in [4.69, 9.17) is 16.0 Å². The van der Waals surface area contributed by atoms with Crippen LogP contribution in [-0.4, -0.2) is 10.9 Å². The Morgan fingerprint density at radius 3 is 2.96 bits per heavy atom. The highest BCUT2D eigenvalue weighted by Gasteiger charge is 2.13. The van der Waals surface area contributed by atoms with Gasteiger partial charge in [-0.05, 0) is 36.8 Å². The number of thiazole rings is 1. The third-order valence-electron chi connectivity index (χ3n) is 3.45. The minimum absolute atomic E-state index is 0.0501. The van der Waals surface area contributed by atoms with Crippen molar-refractivity contribution in [2.24, 2.45) is 0 Å². The number of benzene rings is 1. The average molecular weight is 384 g/mol. The molecule has 0 aliphatic heterocycles. The molecule has 2 heterocycles. The fourth-order valence-electron chi connectivity index (χ4n) is 2.28. The fraction of sp³-hybridized carbons (Fsp3) is 0.105. The van der Waals surface area contributed by atoms with Gasteiger partial charge < -0.3 is 4.42 Å². The van der Waals surface area contributed by atoms with E-state index in [9.17, 15) is 10.1 Å². The second-order valence-electron chi connectivity index (χ2n) is 5.51. The summed E-state index contributed by atoms with van der Waals surface area (Å²) in [6, 6.07) is 12.9. The second-order valence-corrected chi connectivity index (χ2v) is 7.06. The van der Waals surface area contributed by atoms with E-state index in [0.29, 0.717) is 28.1 Å². The van der Waals surface area contributed by atoms with Crippen LogP contribution in [-0.2, 0) is 11.2 Å². The molecule has 0 fully saturated rings. The van der Waals surface area contributed by atoms with Gasteiger partial charge in [0.25, 0.3) is 5.91 Å². The molecule has 3 aromatic rings. The van der Waals surface area contributed by atoms with Crippen molar-refractivity contribution in [1.29, 1.82) is 5.26 Å². The fourth-order valence-corrected chi connectivity index (χ4v) is 3.34. The lowest BCUT2D eigenvalue weighted by atomic mass is 10.1. The molecule has 3 rings (SSSR count). The van der Waals surface area contributed by atoms with Crippen molar-refractivity contribution in [3.8, 4) is 6.07 Å². The van der Waals surface area contributed by atoms with Crippen molar-refractivity contribution < 1.29 is 9.21 Å². The molecule has 0 bridgehead atoms. The number of halogens is 1. The maximum absolute atomic E-state index is 12.3. The molecule has 1 aromatic carbocycles. The SMILES string of the molecule is Cc1ccc(/C=C(/C#N)C(=O)Nc2ncc(Cc3cccc(Cl)c3)s2)o1. The van der Waals surface area contributed by atoms with Crippen molar-refractivity contribution in [3.63, 3.8) is 0 Å². The third-order valence-corrected chi connectivity index (χ3v) is 4.60. The Bertz CT molecular complexity index is 1010. The molecule has 0 saturated carbocycles. The van der Waals surface area contributed by atoms with E-state index in [-0.39, 0.29) is 5.57 Å². The molecule has 5 nitrogen and oxygen atoms in total. The number of carbonyl (C=O) groups is 1. The van der Waals surface area contributed by atoms with Crippen LogP contribution in [0.3, 0.4) is 0 Å². The molecular formula is C19H14ClN3O2S. The summed E-state index contributed by atoms with van der Waals surface area (Å²) in [6.45, 7) is 1.79. The Balaban J connectivity index is 1.69. The first-order valence-electron chi connectivity index (χ1n) is 7.72. The van der Waals surface area contributed by atoms with Crippen molar-refractivity contribution in [3.05, 3.63) is 75.2 Å². The molecule has 0 aliphatic rings. The number of anilines is 1. The molecule has 1 N–H and O–H groups in total. The summed E-state index contributed by atoms with van der Waals surface area (Å²) in [4.78, 5) is 17.4. The van der Waals surface area contributed by atoms with Crippen molar-refractivity contribution >= 4 is 40.1 Å². The maximum atomic E-state index is 12.3. The van der Waals surface area contributed by atoms with Gasteiger partial charge in [0.1, 0.15) is 23.2 Å². The number of hydrogen-bond donors (Lipinski definition) is 1. The first-order valence-corrected chi connectivity index (χ1v) is 8.91. The standard InChI is InChI=1S/C19H14ClN3O2S/c1-12-5-6-16(25-12)9-14(10-21)18(24)23-19-22-11-17(26-19)8-13-3-2-4-15(20)7-13/h2-7,9,11H,8H2,1H3,(H,22,23,24)/b14-9-. The van der Waals surface area contributed by atoms with Crippen LogP contribution in [0.2, 0.25) is 5.02 Å². The maximum Gasteiger partial charge on any atom is 0.268 e. The van der Waals surface area contributed by atoms with Gasteiger partial charge in [0.2, 0.25) is 0 Å². The van der Waals surface area contributed by atoms with Gasteiger partial charge in [0, 0.05) is 28.6 Å². The summed E-state index contributed by atoms with van der Waals surface area (Å²) in [5, 5.41) is 13.0. The summed E-state index contributed by atoms with van der Waals surface area (Å²) in [6.07, 6.45) is 3.77. The molecular weight excluding hydrogens is 370 g/mol. The lowest BCUT2D eigenvalue weighted by Gasteiger charge is -2.00. The van der Waals surface area contributed by atoms with Crippen LogP contribution in [0.1, 0.15) is 22.0 Å². The van der Waals surface area contributed by atoms with Gasteiger partial charge in [0.05, 0.1) is 0 Å². The number of carbonyl (C=O) groups excluding carboxylic acids is 1. The zero-order valence-electron chi connectivity index (χ0n) is 13.8. The Labute approximate surface area is 159 Å². The van der Waals surface area contributed by atoms with E-state index in [2.05, 4.69) is 10.3 Å². The molecule has 0 radical (unpaired) electrons. The van der Waals surface area contributed by atoms with Crippen LogP contribution >= 0.6 is 22.9 Å². The van der Waals surface area contributed by atoms with Gasteiger partial charge in [-0.2, -0.15) is 5.26 Å². The van der Waals surface area contributed by atoms with Crippen LogP contribution in [0.15, 0.2) is 52.6 Å². The normalized spacial score (nSPS) is 11.2. The Kier molecular flexibility index (Phi) is 5.52. The van der Waals surface area contributed by atoms with E-state index in [0.717, 1.165) is 10.4 Å². The minimum Gasteiger partial charge on any atom is -0.462 e. The molecule has 0 unspecified atom stereocenters. The molecule has 2 aromatic heterocycles. The number of aryl methyl sites for hydroxylation is 1. The zero-order valence-corrected chi connectivity index (χ0v) is 15.4. The highest BCUT2D eigenvalue weighted by molar-refractivity contribution is 7.15. The Morgan fingerprint density at radius 2 is 2.27 bits per heavy atom. The minimum atomic E-state index is -0.523. The van der Waals surface area contributed by atoms with Gasteiger partial charge >= 0.3 is 0 Å². The van der Waals surface area contributed by atoms with Crippen LogP contribution < -0.4 is 5.32 Å². The van der Waals surface area contributed by atoms with E-state index in [1.807, 2.05) is 30.3 Å². The predicted octanol–water partition coefficient (Wildman–Crippen LogP) is 4.83. The van der Waals surface area contributed by atoms with Crippen LogP contribution in [0, 0.1) is 18.3 Å². The van der Waals surface area contributed by atoms with Crippen LogP contribution in [0.5, 0.6) is 0 Å². The molecule has 1 amide bonds. The van der Waals surface area contributed by atoms with Gasteiger partial charge in [0.15, 0.2) is 5.13 Å². The number of nitrogens with one attached hydrogen (secondary N) is 1. The number of furan rings is 1. The molecule has 0 aliphatic carbocycles. The second kappa shape index (κ2) is 8.00. The van der Waals surface area contributed by atoms with Gasteiger partial charge in [-0.3, -0.25) is 10.1 Å². The zero-order chi connectivity index (χ0) is 18.5. The Hall–Kier alpha value is -2.88. The number of nitriles is 1. The quantitative estimate of drug-likeness (QED) is 0.505. The molecule has 0 spiro atoms. The number of rotatable bonds is 5. The number of aromatic nitrogens is 1. The summed E-state index contributed by atoms with van der Waals surface area (Å²) in [5.74, 6) is 0.639. The predicted molar refractivity (Wildman–Crippen MR) is 102 cm³/mol. The van der Waals surface area contributed by atoms with Crippen LogP contribution in [0.25, 0.3) is 6.08 Å². The van der Waals surface area contributed by atoms with Crippen molar-refractivity contribution in [2.45, 2.75) is 13.3 Å². The number of amides is 1. The van der Waals surface area contributed by atoms with Gasteiger partial charge in [-0.15, -0.1) is 11.3 Å². The van der Waals surface area contributed by atoms with Gasteiger partial charge in [-0.25, -0.2) is 4.98 Å².